The third kappa shape index (κ3) is 2.56. The van der Waals surface area contributed by atoms with Crippen molar-refractivity contribution in [2.45, 2.75) is 12.7 Å². The summed E-state index contributed by atoms with van der Waals surface area (Å²) in [6, 6.07) is 1.13. The maximum absolute atomic E-state index is 12.2. The predicted octanol–water partition coefficient (Wildman–Crippen LogP) is 2.66. The number of hydrogen-bond acceptors (Lipinski definition) is 3. The van der Waals surface area contributed by atoms with Gasteiger partial charge in [0.05, 0.1) is 11.7 Å². The molecule has 0 radical (unpaired) electrons. The summed E-state index contributed by atoms with van der Waals surface area (Å²) >= 11 is 11.3. The van der Waals surface area contributed by atoms with Gasteiger partial charge in [0.15, 0.2) is 5.15 Å². The molecule has 18 heavy (non-hydrogen) atoms. The number of alkyl halides is 3. The fourth-order valence-corrected chi connectivity index (χ4v) is 1.88. The Kier molecular flexibility index (Phi) is 3.20. The Hall–Kier alpha value is -1.34. The molecule has 0 saturated carbocycles. The van der Waals surface area contributed by atoms with E-state index < -0.39 is 18.3 Å². The Morgan fingerprint density at radius 3 is 2.61 bits per heavy atom. The number of pyridine rings is 1. The van der Waals surface area contributed by atoms with Gasteiger partial charge in [0, 0.05) is 0 Å². The van der Waals surface area contributed by atoms with E-state index in [1.165, 1.54) is 0 Å². The second kappa shape index (κ2) is 4.40. The van der Waals surface area contributed by atoms with Gasteiger partial charge in [-0.3, -0.25) is 9.36 Å². The average Bonchev–Trinajstić information content (AvgIpc) is 2.21. The van der Waals surface area contributed by atoms with Crippen LogP contribution in [-0.2, 0) is 6.54 Å². The highest BCUT2D eigenvalue weighted by molar-refractivity contribution is 6.36. The van der Waals surface area contributed by atoms with Crippen LogP contribution in [0.5, 0.6) is 0 Å². The Morgan fingerprint density at radius 2 is 2.00 bits per heavy atom. The summed E-state index contributed by atoms with van der Waals surface area (Å²) in [5.41, 5.74) is -0.854. The quantitative estimate of drug-likeness (QED) is 0.760. The average molecular weight is 298 g/mol. The number of rotatable bonds is 1. The van der Waals surface area contributed by atoms with E-state index in [4.69, 9.17) is 23.2 Å². The SMILES string of the molecule is O=c1c2cc(Cl)nc(Cl)c2ncn1CC(F)(F)F. The van der Waals surface area contributed by atoms with Crippen LogP contribution < -0.4 is 5.56 Å². The van der Waals surface area contributed by atoms with Gasteiger partial charge >= 0.3 is 6.18 Å². The molecule has 96 valence electrons. The molecule has 0 atom stereocenters. The molecule has 0 aliphatic carbocycles. The molecule has 0 bridgehead atoms. The summed E-state index contributed by atoms with van der Waals surface area (Å²) in [4.78, 5) is 19.1. The van der Waals surface area contributed by atoms with Crippen LogP contribution in [0.4, 0.5) is 13.2 Å². The van der Waals surface area contributed by atoms with E-state index in [9.17, 15) is 18.0 Å². The maximum atomic E-state index is 12.2. The van der Waals surface area contributed by atoms with Crippen molar-refractivity contribution in [3.63, 3.8) is 0 Å². The van der Waals surface area contributed by atoms with Gasteiger partial charge in [-0.05, 0) is 6.07 Å². The van der Waals surface area contributed by atoms with Gasteiger partial charge < -0.3 is 0 Å². The van der Waals surface area contributed by atoms with Gasteiger partial charge in [0.1, 0.15) is 17.2 Å². The highest BCUT2D eigenvalue weighted by Crippen LogP contribution is 2.21. The zero-order valence-electron chi connectivity index (χ0n) is 8.50. The first-order valence-electron chi connectivity index (χ1n) is 4.56. The maximum Gasteiger partial charge on any atom is 0.406 e. The Bertz CT molecular complexity index is 668. The molecule has 0 unspecified atom stereocenters. The minimum Gasteiger partial charge on any atom is -0.290 e. The van der Waals surface area contributed by atoms with Crippen molar-refractivity contribution in [3.8, 4) is 0 Å². The lowest BCUT2D eigenvalue weighted by Crippen LogP contribution is -2.28. The first kappa shape index (κ1) is 13.1. The van der Waals surface area contributed by atoms with Gasteiger partial charge in [-0.15, -0.1) is 0 Å². The molecular formula is C9H4Cl2F3N3O. The summed E-state index contributed by atoms with van der Waals surface area (Å²) in [5.74, 6) is 0. The fourth-order valence-electron chi connectivity index (χ4n) is 1.40. The molecule has 0 aromatic carbocycles. The largest absolute Gasteiger partial charge is 0.406 e. The second-order valence-electron chi connectivity index (χ2n) is 3.42. The molecular weight excluding hydrogens is 294 g/mol. The van der Waals surface area contributed by atoms with E-state index >= 15 is 0 Å². The van der Waals surface area contributed by atoms with Gasteiger partial charge in [0.25, 0.3) is 5.56 Å². The van der Waals surface area contributed by atoms with E-state index in [1.54, 1.807) is 0 Å². The molecule has 0 amide bonds. The molecule has 2 heterocycles. The van der Waals surface area contributed by atoms with Crippen molar-refractivity contribution in [1.29, 1.82) is 0 Å². The van der Waals surface area contributed by atoms with Crippen LogP contribution in [0.3, 0.4) is 0 Å². The Labute approximate surface area is 108 Å². The van der Waals surface area contributed by atoms with Gasteiger partial charge in [0.2, 0.25) is 0 Å². The van der Waals surface area contributed by atoms with E-state index in [0.717, 1.165) is 12.4 Å². The zero-order chi connectivity index (χ0) is 13.5. The Morgan fingerprint density at radius 1 is 1.33 bits per heavy atom. The van der Waals surface area contributed by atoms with Crippen LogP contribution in [-0.4, -0.2) is 20.7 Å². The van der Waals surface area contributed by atoms with Crippen molar-refractivity contribution in [1.82, 2.24) is 14.5 Å². The third-order valence-corrected chi connectivity index (χ3v) is 2.54. The van der Waals surface area contributed by atoms with Crippen LogP contribution in [0.25, 0.3) is 10.9 Å². The number of halogens is 5. The van der Waals surface area contributed by atoms with E-state index in [2.05, 4.69) is 9.97 Å². The summed E-state index contributed by atoms with van der Waals surface area (Å²) in [6.07, 6.45) is -3.74. The highest BCUT2D eigenvalue weighted by atomic mass is 35.5. The number of aromatic nitrogens is 3. The standard InChI is InChI=1S/C9H4Cl2F3N3O/c10-5-1-4-6(7(11)16-5)15-3-17(8(4)18)2-9(12,13)14/h1,3H,2H2. The minimum absolute atomic E-state index is 0.0180. The van der Waals surface area contributed by atoms with Crippen LogP contribution in [0.2, 0.25) is 10.3 Å². The van der Waals surface area contributed by atoms with Gasteiger partial charge in [-0.2, -0.15) is 13.2 Å². The van der Waals surface area contributed by atoms with E-state index in [-0.39, 0.29) is 21.2 Å². The number of nitrogens with zero attached hydrogens (tertiary/aromatic N) is 3. The summed E-state index contributed by atoms with van der Waals surface area (Å²) in [5, 5.41) is -0.323. The monoisotopic (exact) mass is 297 g/mol. The van der Waals surface area contributed by atoms with Crippen molar-refractivity contribution in [3.05, 3.63) is 33.1 Å². The van der Waals surface area contributed by atoms with Crippen LogP contribution in [0.1, 0.15) is 0 Å². The molecule has 0 aliphatic rings. The topological polar surface area (TPSA) is 47.8 Å². The highest BCUT2D eigenvalue weighted by Gasteiger charge is 2.28. The molecule has 0 fully saturated rings. The van der Waals surface area contributed by atoms with Crippen molar-refractivity contribution in [2.24, 2.45) is 0 Å². The zero-order valence-corrected chi connectivity index (χ0v) is 10.0. The smallest absolute Gasteiger partial charge is 0.290 e. The van der Waals surface area contributed by atoms with E-state index in [1.807, 2.05) is 0 Å². The molecule has 0 spiro atoms. The second-order valence-corrected chi connectivity index (χ2v) is 4.17. The normalized spacial score (nSPS) is 12.1. The predicted molar refractivity (Wildman–Crippen MR) is 59.9 cm³/mol. The van der Waals surface area contributed by atoms with Crippen molar-refractivity contribution >= 4 is 34.1 Å². The van der Waals surface area contributed by atoms with Gasteiger partial charge in [-0.1, -0.05) is 23.2 Å². The summed E-state index contributed by atoms with van der Waals surface area (Å²) < 4.78 is 37.1. The first-order chi connectivity index (χ1) is 8.28. The lowest BCUT2D eigenvalue weighted by atomic mass is 10.3. The molecule has 0 aliphatic heterocycles. The fraction of sp³-hybridized carbons (Fsp3) is 0.222. The lowest BCUT2D eigenvalue weighted by Gasteiger charge is -2.09. The first-order valence-corrected chi connectivity index (χ1v) is 5.31. The number of fused-ring (bicyclic) bond motifs is 1. The van der Waals surface area contributed by atoms with Crippen molar-refractivity contribution < 1.29 is 13.2 Å². The lowest BCUT2D eigenvalue weighted by molar-refractivity contribution is -0.141. The third-order valence-electron chi connectivity index (χ3n) is 2.09. The molecule has 2 aromatic rings. The van der Waals surface area contributed by atoms with E-state index in [0.29, 0.717) is 4.57 Å². The Balaban J connectivity index is 2.68. The van der Waals surface area contributed by atoms with Crippen LogP contribution in [0.15, 0.2) is 17.2 Å². The minimum atomic E-state index is -4.51. The van der Waals surface area contributed by atoms with Crippen molar-refractivity contribution in [2.75, 3.05) is 0 Å². The molecule has 2 aromatic heterocycles. The molecule has 9 heteroatoms. The van der Waals surface area contributed by atoms with Crippen LogP contribution in [0, 0.1) is 0 Å². The molecule has 4 nitrogen and oxygen atoms in total. The molecule has 0 N–H and O–H groups in total. The van der Waals surface area contributed by atoms with Gasteiger partial charge in [-0.25, -0.2) is 9.97 Å². The molecule has 2 rings (SSSR count). The summed E-state index contributed by atoms with van der Waals surface area (Å²) in [7, 11) is 0. The number of hydrogen-bond donors (Lipinski definition) is 0. The summed E-state index contributed by atoms with van der Waals surface area (Å²) in [6.45, 7) is -1.42. The molecule has 0 saturated heterocycles. The van der Waals surface area contributed by atoms with Crippen LogP contribution >= 0.6 is 23.2 Å².